The first-order chi connectivity index (χ1) is 6.09. The van der Waals surface area contributed by atoms with Gasteiger partial charge >= 0.3 is 0 Å². The van der Waals surface area contributed by atoms with Gasteiger partial charge in [-0.15, -0.1) is 0 Å². The van der Waals surface area contributed by atoms with Crippen LogP contribution in [0.2, 0.25) is 0 Å². The molecule has 0 spiro atoms. The van der Waals surface area contributed by atoms with Crippen molar-refractivity contribution in [2.75, 3.05) is 0 Å². The molecule has 0 saturated heterocycles. The van der Waals surface area contributed by atoms with Gasteiger partial charge in [0.05, 0.1) is 0 Å². The standard InChI is InChI=1S/C10H14N2O/c1-7-4-5-8-9(12-13-11-8)6-10(7,2)3/h4-5,7H,6H2,1-3H3. The molecular weight excluding hydrogens is 164 g/mol. The van der Waals surface area contributed by atoms with Crippen LogP contribution < -0.4 is 0 Å². The van der Waals surface area contributed by atoms with Gasteiger partial charge in [-0.2, -0.15) is 0 Å². The van der Waals surface area contributed by atoms with E-state index >= 15 is 0 Å². The lowest BCUT2D eigenvalue weighted by atomic mass is 9.77. The lowest BCUT2D eigenvalue weighted by Crippen LogP contribution is -2.22. The van der Waals surface area contributed by atoms with Gasteiger partial charge in [0, 0.05) is 6.42 Å². The fraction of sp³-hybridized carbons (Fsp3) is 0.600. The molecule has 70 valence electrons. The molecule has 0 radical (unpaired) electrons. The lowest BCUT2D eigenvalue weighted by Gasteiger charge is -2.27. The van der Waals surface area contributed by atoms with Gasteiger partial charge in [-0.3, -0.25) is 0 Å². The van der Waals surface area contributed by atoms with Crippen LogP contribution in [0.1, 0.15) is 32.2 Å². The number of fused-ring (bicyclic) bond motifs is 1. The SMILES string of the molecule is CC1C=Cc2nonc2CC1(C)C. The fourth-order valence-corrected chi connectivity index (χ4v) is 1.55. The highest BCUT2D eigenvalue weighted by molar-refractivity contribution is 5.48. The topological polar surface area (TPSA) is 38.9 Å². The van der Waals surface area contributed by atoms with Crippen molar-refractivity contribution in [1.29, 1.82) is 0 Å². The van der Waals surface area contributed by atoms with Crippen molar-refractivity contribution < 1.29 is 4.63 Å². The van der Waals surface area contributed by atoms with Gasteiger partial charge in [-0.25, -0.2) is 4.63 Å². The first-order valence-corrected chi connectivity index (χ1v) is 4.59. The van der Waals surface area contributed by atoms with E-state index in [-0.39, 0.29) is 5.41 Å². The number of nitrogens with zero attached hydrogens (tertiary/aromatic N) is 2. The average Bonchev–Trinajstić information content (AvgIpc) is 2.43. The van der Waals surface area contributed by atoms with Gasteiger partial charge < -0.3 is 0 Å². The Hall–Kier alpha value is -1.12. The maximum atomic E-state index is 4.70. The molecule has 1 aromatic heterocycles. The predicted octanol–water partition coefficient (Wildman–Crippen LogP) is 2.30. The summed E-state index contributed by atoms with van der Waals surface area (Å²) in [6, 6.07) is 0. The smallest absolute Gasteiger partial charge is 0.130 e. The molecule has 0 aromatic carbocycles. The van der Waals surface area contributed by atoms with E-state index in [1.807, 2.05) is 6.08 Å². The minimum atomic E-state index is 0.236. The Morgan fingerprint density at radius 3 is 3.00 bits per heavy atom. The summed E-state index contributed by atoms with van der Waals surface area (Å²) in [5, 5.41) is 7.75. The molecule has 0 aliphatic heterocycles. The van der Waals surface area contributed by atoms with Crippen molar-refractivity contribution in [1.82, 2.24) is 10.3 Å². The molecule has 3 nitrogen and oxygen atoms in total. The van der Waals surface area contributed by atoms with Crippen LogP contribution in [0.5, 0.6) is 0 Å². The minimum absolute atomic E-state index is 0.236. The Bertz CT molecular complexity index is 338. The summed E-state index contributed by atoms with van der Waals surface area (Å²) in [6.07, 6.45) is 5.11. The van der Waals surface area contributed by atoms with Crippen LogP contribution in [0, 0.1) is 11.3 Å². The lowest BCUT2D eigenvalue weighted by molar-refractivity contribution is 0.259. The van der Waals surface area contributed by atoms with Crippen molar-refractivity contribution in [3.05, 3.63) is 17.5 Å². The second-order valence-electron chi connectivity index (χ2n) is 4.41. The monoisotopic (exact) mass is 178 g/mol. The molecule has 3 heteroatoms. The Labute approximate surface area is 77.8 Å². The molecule has 0 fully saturated rings. The number of rotatable bonds is 0. The van der Waals surface area contributed by atoms with Crippen LogP contribution >= 0.6 is 0 Å². The number of aromatic nitrogens is 2. The predicted molar refractivity (Wildman–Crippen MR) is 50.0 cm³/mol. The molecular formula is C10H14N2O. The van der Waals surface area contributed by atoms with E-state index in [2.05, 4.69) is 37.2 Å². The minimum Gasteiger partial charge on any atom is -0.244 e. The zero-order valence-corrected chi connectivity index (χ0v) is 8.24. The summed E-state index contributed by atoms with van der Waals surface area (Å²) in [5.74, 6) is 0.545. The molecule has 1 aliphatic rings. The van der Waals surface area contributed by atoms with Crippen LogP contribution in [0.15, 0.2) is 10.7 Å². The molecule has 0 saturated carbocycles. The van der Waals surface area contributed by atoms with Gasteiger partial charge in [0.2, 0.25) is 0 Å². The second-order valence-corrected chi connectivity index (χ2v) is 4.41. The number of allylic oxidation sites excluding steroid dienone is 1. The maximum Gasteiger partial charge on any atom is 0.130 e. The van der Waals surface area contributed by atoms with E-state index in [0.717, 1.165) is 17.8 Å². The molecule has 1 atom stereocenters. The Balaban J connectivity index is 2.42. The molecule has 0 amide bonds. The van der Waals surface area contributed by atoms with Crippen molar-refractivity contribution in [2.45, 2.75) is 27.2 Å². The number of hydrogen-bond donors (Lipinski definition) is 0. The molecule has 1 aromatic rings. The normalized spacial score (nSPS) is 25.3. The molecule has 13 heavy (non-hydrogen) atoms. The van der Waals surface area contributed by atoms with Crippen LogP contribution in [-0.2, 0) is 6.42 Å². The second kappa shape index (κ2) is 2.69. The first-order valence-electron chi connectivity index (χ1n) is 4.59. The highest BCUT2D eigenvalue weighted by Crippen LogP contribution is 2.34. The van der Waals surface area contributed by atoms with E-state index in [9.17, 15) is 0 Å². The molecule has 0 bridgehead atoms. The Kier molecular flexibility index (Phi) is 1.75. The third kappa shape index (κ3) is 1.39. The van der Waals surface area contributed by atoms with Crippen molar-refractivity contribution in [3.63, 3.8) is 0 Å². The summed E-state index contributed by atoms with van der Waals surface area (Å²) < 4.78 is 4.70. The van der Waals surface area contributed by atoms with Crippen molar-refractivity contribution in [3.8, 4) is 0 Å². The van der Waals surface area contributed by atoms with Gasteiger partial charge in [0.15, 0.2) is 0 Å². The van der Waals surface area contributed by atoms with Crippen molar-refractivity contribution in [2.24, 2.45) is 11.3 Å². The van der Waals surface area contributed by atoms with Crippen molar-refractivity contribution >= 4 is 6.08 Å². The summed E-state index contributed by atoms with van der Waals surface area (Å²) >= 11 is 0. The fourth-order valence-electron chi connectivity index (χ4n) is 1.55. The molecule has 0 N–H and O–H groups in total. The van der Waals surface area contributed by atoms with Gasteiger partial charge in [-0.05, 0) is 17.4 Å². The zero-order valence-electron chi connectivity index (χ0n) is 8.24. The van der Waals surface area contributed by atoms with E-state index in [1.165, 1.54) is 0 Å². The van der Waals surface area contributed by atoms with Crippen LogP contribution in [-0.4, -0.2) is 10.3 Å². The summed E-state index contributed by atoms with van der Waals surface area (Å²) in [7, 11) is 0. The molecule has 1 heterocycles. The Morgan fingerprint density at radius 1 is 1.46 bits per heavy atom. The number of hydrogen-bond acceptors (Lipinski definition) is 3. The van der Waals surface area contributed by atoms with E-state index in [0.29, 0.717) is 5.92 Å². The highest BCUT2D eigenvalue weighted by Gasteiger charge is 2.29. The summed E-state index contributed by atoms with van der Waals surface area (Å²) in [5.41, 5.74) is 2.10. The van der Waals surface area contributed by atoms with Crippen LogP contribution in [0.25, 0.3) is 6.08 Å². The molecule has 2 rings (SSSR count). The van der Waals surface area contributed by atoms with Gasteiger partial charge in [0.1, 0.15) is 11.4 Å². The highest BCUT2D eigenvalue weighted by atomic mass is 16.6. The third-order valence-corrected chi connectivity index (χ3v) is 2.98. The molecule has 1 unspecified atom stereocenters. The van der Waals surface area contributed by atoms with Gasteiger partial charge in [0.25, 0.3) is 0 Å². The van der Waals surface area contributed by atoms with E-state index in [4.69, 9.17) is 4.63 Å². The summed E-state index contributed by atoms with van der Waals surface area (Å²) in [6.45, 7) is 6.71. The van der Waals surface area contributed by atoms with E-state index in [1.54, 1.807) is 0 Å². The maximum absolute atomic E-state index is 4.70. The van der Waals surface area contributed by atoms with Crippen LogP contribution in [0.4, 0.5) is 0 Å². The van der Waals surface area contributed by atoms with Gasteiger partial charge in [-0.1, -0.05) is 37.2 Å². The summed E-state index contributed by atoms with van der Waals surface area (Å²) in [4.78, 5) is 0. The quantitative estimate of drug-likeness (QED) is 0.612. The first kappa shape index (κ1) is 8.48. The van der Waals surface area contributed by atoms with Crippen LogP contribution in [0.3, 0.4) is 0 Å². The largest absolute Gasteiger partial charge is 0.244 e. The average molecular weight is 178 g/mol. The zero-order chi connectivity index (χ0) is 9.47. The Morgan fingerprint density at radius 2 is 2.23 bits per heavy atom. The van der Waals surface area contributed by atoms with E-state index < -0.39 is 0 Å². The third-order valence-electron chi connectivity index (χ3n) is 2.98. The molecule has 1 aliphatic carbocycles.